The summed E-state index contributed by atoms with van der Waals surface area (Å²) in [6.07, 6.45) is -0.465. The minimum atomic E-state index is -0.538. The molecule has 0 aliphatic carbocycles. The highest BCUT2D eigenvalue weighted by Gasteiger charge is 2.32. The normalized spacial score (nSPS) is 22.6. The highest BCUT2D eigenvalue weighted by atomic mass is 19.1. The second-order valence-electron chi connectivity index (χ2n) is 6.04. The van der Waals surface area contributed by atoms with Gasteiger partial charge in [-0.15, -0.1) is 0 Å². The monoisotopic (exact) mass is 280 g/mol. The van der Waals surface area contributed by atoms with E-state index in [9.17, 15) is 9.18 Å². The van der Waals surface area contributed by atoms with Crippen molar-refractivity contribution in [3.63, 3.8) is 0 Å². The third-order valence-corrected chi connectivity index (χ3v) is 3.22. The molecular weight excluding hydrogens is 259 g/mol. The molecule has 20 heavy (non-hydrogen) atoms. The zero-order chi connectivity index (χ0) is 14.8. The van der Waals surface area contributed by atoms with E-state index in [1.165, 1.54) is 6.07 Å². The van der Waals surface area contributed by atoms with Crippen LogP contribution in [0, 0.1) is 5.82 Å². The number of rotatable bonds is 2. The lowest BCUT2D eigenvalue weighted by molar-refractivity contribution is 0.0504. The number of carbonyl (C=O) groups excluding carboxylic acids is 1. The van der Waals surface area contributed by atoms with Gasteiger partial charge in [-0.1, -0.05) is 18.2 Å². The second-order valence-corrected chi connectivity index (χ2v) is 6.04. The van der Waals surface area contributed by atoms with Gasteiger partial charge < -0.3 is 15.4 Å². The largest absolute Gasteiger partial charge is 0.444 e. The number of halogens is 1. The molecule has 1 aliphatic heterocycles. The molecule has 1 saturated heterocycles. The van der Waals surface area contributed by atoms with Gasteiger partial charge in [0.25, 0.3) is 0 Å². The predicted octanol–water partition coefficient (Wildman–Crippen LogP) is 2.41. The summed E-state index contributed by atoms with van der Waals surface area (Å²) in [5, 5.41) is 6.00. The molecule has 1 aromatic rings. The summed E-state index contributed by atoms with van der Waals surface area (Å²) in [5.74, 6) is -0.319. The molecule has 5 heteroatoms. The van der Waals surface area contributed by atoms with Crippen LogP contribution in [-0.2, 0) is 4.74 Å². The average Bonchev–Trinajstić information content (AvgIpc) is 2.75. The van der Waals surface area contributed by atoms with Crippen LogP contribution in [0.2, 0.25) is 0 Å². The quantitative estimate of drug-likeness (QED) is 0.874. The lowest BCUT2D eigenvalue weighted by Gasteiger charge is -2.24. The van der Waals surface area contributed by atoms with E-state index in [0.29, 0.717) is 18.7 Å². The van der Waals surface area contributed by atoms with E-state index in [-0.39, 0.29) is 17.8 Å². The number of hydrogen-bond donors (Lipinski definition) is 2. The Morgan fingerprint density at radius 2 is 2.05 bits per heavy atom. The van der Waals surface area contributed by atoms with Crippen molar-refractivity contribution in [3.8, 4) is 0 Å². The number of alkyl carbamates (subject to hydrolysis) is 1. The summed E-state index contributed by atoms with van der Waals surface area (Å²) in [7, 11) is 0. The van der Waals surface area contributed by atoms with E-state index in [4.69, 9.17) is 4.74 Å². The van der Waals surface area contributed by atoms with Gasteiger partial charge in [0.1, 0.15) is 11.4 Å². The van der Waals surface area contributed by atoms with Gasteiger partial charge in [0, 0.05) is 19.0 Å². The summed E-state index contributed by atoms with van der Waals surface area (Å²) in [4.78, 5) is 11.8. The van der Waals surface area contributed by atoms with Gasteiger partial charge >= 0.3 is 6.09 Å². The van der Waals surface area contributed by atoms with Crippen LogP contribution in [0.1, 0.15) is 32.3 Å². The van der Waals surface area contributed by atoms with Crippen molar-refractivity contribution in [2.45, 2.75) is 38.3 Å². The number of amides is 1. The number of ether oxygens (including phenoxy) is 1. The summed E-state index contributed by atoms with van der Waals surface area (Å²) < 4.78 is 19.1. The van der Waals surface area contributed by atoms with Crippen molar-refractivity contribution in [2.24, 2.45) is 0 Å². The van der Waals surface area contributed by atoms with Gasteiger partial charge in [0.05, 0.1) is 6.04 Å². The van der Waals surface area contributed by atoms with E-state index >= 15 is 0 Å². The molecule has 0 spiro atoms. The lowest BCUT2D eigenvalue weighted by atomic mass is 9.94. The molecule has 2 rings (SSSR count). The molecule has 1 fully saturated rings. The predicted molar refractivity (Wildman–Crippen MR) is 75.2 cm³/mol. The highest BCUT2D eigenvalue weighted by molar-refractivity contribution is 5.68. The summed E-state index contributed by atoms with van der Waals surface area (Å²) >= 11 is 0. The van der Waals surface area contributed by atoms with E-state index in [0.717, 1.165) is 0 Å². The first-order valence-electron chi connectivity index (χ1n) is 6.81. The smallest absolute Gasteiger partial charge is 0.407 e. The van der Waals surface area contributed by atoms with Crippen LogP contribution in [0.25, 0.3) is 0 Å². The molecule has 1 aromatic carbocycles. The van der Waals surface area contributed by atoms with Crippen LogP contribution in [0.3, 0.4) is 0 Å². The Labute approximate surface area is 118 Å². The van der Waals surface area contributed by atoms with Crippen LogP contribution in [0.4, 0.5) is 9.18 Å². The average molecular weight is 280 g/mol. The molecule has 110 valence electrons. The van der Waals surface area contributed by atoms with Crippen LogP contribution in [0.15, 0.2) is 24.3 Å². The van der Waals surface area contributed by atoms with Gasteiger partial charge in [-0.3, -0.25) is 0 Å². The van der Waals surface area contributed by atoms with Crippen molar-refractivity contribution in [3.05, 3.63) is 35.6 Å². The Morgan fingerprint density at radius 1 is 1.35 bits per heavy atom. The second kappa shape index (κ2) is 5.79. The van der Waals surface area contributed by atoms with Crippen LogP contribution >= 0.6 is 0 Å². The van der Waals surface area contributed by atoms with Crippen LogP contribution < -0.4 is 10.6 Å². The van der Waals surface area contributed by atoms with Crippen molar-refractivity contribution in [2.75, 3.05) is 13.1 Å². The summed E-state index contributed by atoms with van der Waals surface area (Å²) in [6, 6.07) is 6.51. The highest BCUT2D eigenvalue weighted by Crippen LogP contribution is 2.25. The zero-order valence-corrected chi connectivity index (χ0v) is 12.1. The van der Waals surface area contributed by atoms with E-state index in [2.05, 4.69) is 10.6 Å². The maximum absolute atomic E-state index is 13.9. The molecular formula is C15H21FN2O2. The Balaban J connectivity index is 2.05. The molecule has 1 aliphatic rings. The van der Waals surface area contributed by atoms with Gasteiger partial charge in [0.15, 0.2) is 0 Å². The third kappa shape index (κ3) is 3.70. The van der Waals surface area contributed by atoms with Crippen molar-refractivity contribution < 1.29 is 13.9 Å². The first kappa shape index (κ1) is 14.8. The fourth-order valence-corrected chi connectivity index (χ4v) is 2.39. The summed E-state index contributed by atoms with van der Waals surface area (Å²) in [6.45, 7) is 6.69. The molecule has 2 atom stereocenters. The van der Waals surface area contributed by atoms with Crippen molar-refractivity contribution >= 4 is 6.09 Å². The fourth-order valence-electron chi connectivity index (χ4n) is 2.39. The minimum absolute atomic E-state index is 0.0799. The number of carbonyl (C=O) groups is 1. The SMILES string of the molecule is CC(C)(C)OC(=O)N[C@@H]1CNC[C@@H]1c1ccccc1F. The van der Waals surface area contributed by atoms with Gasteiger partial charge in [0.2, 0.25) is 0 Å². The van der Waals surface area contributed by atoms with Crippen LogP contribution in [0.5, 0.6) is 0 Å². The topological polar surface area (TPSA) is 50.4 Å². The number of nitrogens with one attached hydrogen (secondary N) is 2. The maximum Gasteiger partial charge on any atom is 0.407 e. The van der Waals surface area contributed by atoms with Gasteiger partial charge in [-0.25, -0.2) is 9.18 Å². The first-order chi connectivity index (χ1) is 9.37. The molecule has 0 unspecified atom stereocenters. The first-order valence-corrected chi connectivity index (χ1v) is 6.81. The van der Waals surface area contributed by atoms with Crippen LogP contribution in [-0.4, -0.2) is 30.8 Å². The number of benzene rings is 1. The van der Waals surface area contributed by atoms with Crippen molar-refractivity contribution in [1.29, 1.82) is 0 Å². The lowest BCUT2D eigenvalue weighted by Crippen LogP contribution is -2.42. The molecule has 1 heterocycles. The Hall–Kier alpha value is -1.62. The molecule has 0 bridgehead atoms. The molecule has 0 saturated carbocycles. The van der Waals surface area contributed by atoms with E-state index in [1.807, 2.05) is 20.8 Å². The molecule has 4 nitrogen and oxygen atoms in total. The fraction of sp³-hybridized carbons (Fsp3) is 0.533. The number of hydrogen-bond acceptors (Lipinski definition) is 3. The minimum Gasteiger partial charge on any atom is -0.444 e. The molecule has 1 amide bonds. The zero-order valence-electron chi connectivity index (χ0n) is 12.1. The maximum atomic E-state index is 13.9. The molecule has 0 aromatic heterocycles. The Morgan fingerprint density at radius 3 is 2.70 bits per heavy atom. The Bertz CT molecular complexity index is 485. The standard InChI is InChI=1S/C15H21FN2O2/c1-15(2,3)20-14(19)18-13-9-17-8-11(13)10-6-4-5-7-12(10)16/h4-7,11,13,17H,8-9H2,1-3H3,(H,18,19)/t11-,13-/m1/s1. The molecule has 0 radical (unpaired) electrons. The van der Waals surface area contributed by atoms with Gasteiger partial charge in [-0.2, -0.15) is 0 Å². The third-order valence-electron chi connectivity index (χ3n) is 3.22. The van der Waals surface area contributed by atoms with E-state index < -0.39 is 11.7 Å². The molecule has 2 N–H and O–H groups in total. The van der Waals surface area contributed by atoms with E-state index in [1.54, 1.807) is 18.2 Å². The summed E-state index contributed by atoms with van der Waals surface area (Å²) in [5.41, 5.74) is 0.0856. The van der Waals surface area contributed by atoms with Crippen molar-refractivity contribution in [1.82, 2.24) is 10.6 Å². The Kier molecular flexibility index (Phi) is 4.28. The van der Waals surface area contributed by atoms with Gasteiger partial charge in [-0.05, 0) is 32.4 Å².